The molecule has 0 radical (unpaired) electrons. The Bertz CT molecular complexity index is 782. The molecule has 5 aliphatic carbocycles. The first kappa shape index (κ1) is 14.9. The average Bonchev–Trinajstić information content (AvgIpc) is 2.51. The Morgan fingerprint density at radius 3 is 2.79 bits per heavy atom. The molecule has 6 atom stereocenters. The maximum atomic E-state index is 13.2. The summed E-state index contributed by atoms with van der Waals surface area (Å²) in [6, 6.07) is 0. The molecule has 0 aromatic carbocycles. The van der Waals surface area contributed by atoms with Crippen molar-refractivity contribution in [3.8, 4) is 0 Å². The Morgan fingerprint density at radius 1 is 1.29 bits per heavy atom. The monoisotopic (exact) mass is 346 g/mol. The Labute approximate surface area is 145 Å². The van der Waals surface area contributed by atoms with Crippen molar-refractivity contribution in [2.24, 2.45) is 28.1 Å². The van der Waals surface area contributed by atoms with Crippen molar-refractivity contribution in [2.75, 3.05) is 6.61 Å². The van der Waals surface area contributed by atoms with Gasteiger partial charge in [0.15, 0.2) is 11.6 Å². The molecular weight excluding hydrogens is 328 g/mol. The predicted molar refractivity (Wildman–Crippen MR) is 86.3 cm³/mol. The number of hydrogen-bond acceptors (Lipinski definition) is 4. The van der Waals surface area contributed by atoms with Gasteiger partial charge >= 0.3 is 5.97 Å². The number of Topliss-reactive ketones (excluding diaryl/α,β-unsaturated/α-hetero) is 2. The molecule has 4 fully saturated rings. The highest BCUT2D eigenvalue weighted by Crippen LogP contribution is 2.75. The van der Waals surface area contributed by atoms with Crippen molar-refractivity contribution in [3.63, 3.8) is 0 Å². The van der Waals surface area contributed by atoms with Crippen molar-refractivity contribution in [1.82, 2.24) is 0 Å². The molecule has 5 heteroatoms. The van der Waals surface area contributed by atoms with E-state index in [0.717, 1.165) is 18.4 Å². The lowest BCUT2D eigenvalue weighted by molar-refractivity contribution is -0.226. The van der Waals surface area contributed by atoms with E-state index in [-0.39, 0.29) is 34.8 Å². The molecule has 6 rings (SSSR count). The van der Waals surface area contributed by atoms with E-state index in [9.17, 15) is 14.4 Å². The third-order valence-electron chi connectivity index (χ3n) is 7.46. The summed E-state index contributed by atoms with van der Waals surface area (Å²) in [7, 11) is 0. The van der Waals surface area contributed by atoms with Gasteiger partial charge in [-0.15, -0.1) is 11.6 Å². The Morgan fingerprint density at radius 2 is 2.04 bits per heavy atom. The van der Waals surface area contributed by atoms with Crippen molar-refractivity contribution in [1.29, 1.82) is 0 Å². The number of hydrogen-bond donors (Lipinski definition) is 0. The molecule has 24 heavy (non-hydrogen) atoms. The lowest BCUT2D eigenvalue weighted by Crippen LogP contribution is -2.77. The molecule has 6 aliphatic rings. The van der Waals surface area contributed by atoms with E-state index in [4.69, 9.17) is 16.3 Å². The van der Waals surface area contributed by atoms with Gasteiger partial charge in [-0.3, -0.25) is 14.4 Å². The van der Waals surface area contributed by atoms with Gasteiger partial charge in [0.05, 0.1) is 17.4 Å². The van der Waals surface area contributed by atoms with E-state index < -0.39 is 16.2 Å². The molecular formula is C19H19ClO4. The lowest BCUT2D eigenvalue weighted by Gasteiger charge is -2.70. The summed E-state index contributed by atoms with van der Waals surface area (Å²) in [6.45, 7) is 6.18. The minimum Gasteiger partial charge on any atom is -0.465 e. The lowest BCUT2D eigenvalue weighted by atomic mass is 9.32. The van der Waals surface area contributed by atoms with Crippen molar-refractivity contribution < 1.29 is 19.1 Å². The van der Waals surface area contributed by atoms with Gasteiger partial charge in [-0.05, 0) is 19.3 Å². The summed E-state index contributed by atoms with van der Waals surface area (Å²) < 4.78 is 5.60. The number of rotatable bonds is 0. The predicted octanol–water partition coefficient (Wildman–Crippen LogP) is 2.60. The summed E-state index contributed by atoms with van der Waals surface area (Å²) in [6.07, 6.45) is 4.62. The molecule has 0 amide bonds. The largest absolute Gasteiger partial charge is 0.465 e. The number of fused-ring (bicyclic) bond motifs is 2. The summed E-state index contributed by atoms with van der Waals surface area (Å²) >= 11 is 6.68. The van der Waals surface area contributed by atoms with Crippen LogP contribution in [0, 0.1) is 28.1 Å². The number of allylic oxidation sites excluding steroid dienone is 3. The zero-order chi connectivity index (χ0) is 17.1. The van der Waals surface area contributed by atoms with E-state index in [0.29, 0.717) is 25.0 Å². The molecule has 1 saturated heterocycles. The second kappa shape index (κ2) is 4.04. The summed E-state index contributed by atoms with van der Waals surface area (Å²) in [5, 5.41) is -0.809. The topological polar surface area (TPSA) is 60.4 Å². The van der Waals surface area contributed by atoms with Crippen LogP contribution in [-0.2, 0) is 19.1 Å². The maximum Gasteiger partial charge on any atom is 0.313 e. The van der Waals surface area contributed by atoms with Crippen LogP contribution < -0.4 is 0 Å². The molecule has 0 aromatic rings. The van der Waals surface area contributed by atoms with Crippen LogP contribution in [-0.4, -0.2) is 29.5 Å². The number of ether oxygens (including phenoxy) is 1. The van der Waals surface area contributed by atoms with E-state index in [1.807, 2.05) is 0 Å². The van der Waals surface area contributed by atoms with Crippen LogP contribution in [0.25, 0.3) is 0 Å². The number of esters is 1. The van der Waals surface area contributed by atoms with E-state index >= 15 is 0 Å². The Hall–Kier alpha value is -1.42. The third kappa shape index (κ3) is 1.25. The van der Waals surface area contributed by atoms with Gasteiger partial charge in [-0.2, -0.15) is 0 Å². The smallest absolute Gasteiger partial charge is 0.313 e. The van der Waals surface area contributed by atoms with Gasteiger partial charge in [-0.25, -0.2) is 0 Å². The van der Waals surface area contributed by atoms with Gasteiger partial charge in [0.2, 0.25) is 0 Å². The molecule has 4 bridgehead atoms. The first-order valence-electron chi connectivity index (χ1n) is 8.59. The van der Waals surface area contributed by atoms with Crippen LogP contribution in [0.15, 0.2) is 23.8 Å². The van der Waals surface area contributed by atoms with Gasteiger partial charge in [0.1, 0.15) is 5.41 Å². The summed E-state index contributed by atoms with van der Waals surface area (Å²) in [4.78, 5) is 39.2. The highest BCUT2D eigenvalue weighted by atomic mass is 35.5. The highest BCUT2D eigenvalue weighted by molar-refractivity contribution is 6.37. The van der Waals surface area contributed by atoms with Gasteiger partial charge < -0.3 is 4.74 Å². The second-order valence-corrected chi connectivity index (χ2v) is 8.99. The zero-order valence-corrected chi connectivity index (χ0v) is 14.3. The maximum absolute atomic E-state index is 13.2. The highest BCUT2D eigenvalue weighted by Gasteiger charge is 2.80. The van der Waals surface area contributed by atoms with Crippen LogP contribution in [0.3, 0.4) is 0 Å². The van der Waals surface area contributed by atoms with E-state index in [1.54, 1.807) is 6.08 Å². The fraction of sp³-hybridized carbons (Fsp3) is 0.632. The Balaban J connectivity index is 1.80. The fourth-order valence-corrected chi connectivity index (χ4v) is 7.40. The average molecular weight is 347 g/mol. The SMILES string of the molecule is C=C1C=C2C[C@]3(C1=O)C(=O)C(Cl)C1[C@@]4(C)CCC[C@@]1(C(=O)OC4)C23. The first-order valence-corrected chi connectivity index (χ1v) is 9.02. The number of alkyl halides is 1. The normalized spacial score (nSPS) is 51.9. The van der Waals surface area contributed by atoms with Crippen molar-refractivity contribution in [2.45, 2.75) is 38.0 Å². The van der Waals surface area contributed by atoms with Gasteiger partial charge in [0.25, 0.3) is 0 Å². The van der Waals surface area contributed by atoms with E-state index in [2.05, 4.69) is 13.5 Å². The molecule has 4 nitrogen and oxygen atoms in total. The summed E-state index contributed by atoms with van der Waals surface area (Å²) in [5.41, 5.74) is -0.919. The molecule has 0 N–H and O–H groups in total. The van der Waals surface area contributed by atoms with Crippen LogP contribution in [0.1, 0.15) is 32.6 Å². The van der Waals surface area contributed by atoms with Crippen molar-refractivity contribution >= 4 is 29.1 Å². The van der Waals surface area contributed by atoms with Crippen LogP contribution in [0.4, 0.5) is 0 Å². The molecule has 3 unspecified atom stereocenters. The van der Waals surface area contributed by atoms with Gasteiger partial charge in [0, 0.05) is 22.8 Å². The minimum absolute atomic E-state index is 0.194. The third-order valence-corrected chi connectivity index (χ3v) is 7.91. The molecule has 3 saturated carbocycles. The molecule has 0 aromatic heterocycles. The number of cyclic esters (lactones) is 1. The standard InChI is InChI=1S/C19H19ClO4/c1-9-6-10-7-19(14(9)21)12(10)18-5-3-4-17(2,8-24-16(18)23)13(18)11(20)15(19)22/h6,11-13H,1,3-5,7-8H2,2H3/t11?,12?,13?,17-,18+,19-/m0/s1. The number of ketones is 2. The summed E-state index contributed by atoms with van der Waals surface area (Å²) in [5.74, 6) is -1.32. The van der Waals surface area contributed by atoms with Crippen LogP contribution in [0.2, 0.25) is 0 Å². The quantitative estimate of drug-likeness (QED) is 0.293. The molecule has 1 aliphatic heterocycles. The molecule has 126 valence electrons. The van der Waals surface area contributed by atoms with Crippen LogP contribution >= 0.6 is 11.6 Å². The number of carbonyl (C=O) groups is 3. The molecule has 1 spiro atoms. The Kier molecular flexibility index (Phi) is 2.50. The van der Waals surface area contributed by atoms with Crippen molar-refractivity contribution in [3.05, 3.63) is 23.8 Å². The van der Waals surface area contributed by atoms with E-state index in [1.165, 1.54) is 0 Å². The van der Waals surface area contributed by atoms with Gasteiger partial charge in [-0.1, -0.05) is 31.6 Å². The number of carbonyl (C=O) groups excluding carboxylic acids is 3. The molecule has 1 heterocycles. The second-order valence-electron chi connectivity index (χ2n) is 8.52. The number of halogens is 1. The zero-order valence-electron chi connectivity index (χ0n) is 13.6. The first-order chi connectivity index (χ1) is 11.3. The minimum atomic E-state index is -1.17. The van der Waals surface area contributed by atoms with Crippen LogP contribution in [0.5, 0.6) is 0 Å². The fourth-order valence-electron chi connectivity index (χ4n) is 6.67.